The third kappa shape index (κ3) is 6.35. The summed E-state index contributed by atoms with van der Waals surface area (Å²) in [6.07, 6.45) is 6.57. The van der Waals surface area contributed by atoms with Gasteiger partial charge in [-0.2, -0.15) is 4.57 Å². The molecule has 170 valence electrons. The van der Waals surface area contributed by atoms with Gasteiger partial charge in [-0.05, 0) is 48.2 Å². The first-order chi connectivity index (χ1) is 15.6. The van der Waals surface area contributed by atoms with Crippen LogP contribution in [-0.2, 0) is 13.5 Å². The zero-order valence-corrected chi connectivity index (χ0v) is 21.8. The van der Waals surface area contributed by atoms with Crippen LogP contribution in [0.15, 0.2) is 84.9 Å². The van der Waals surface area contributed by atoms with Crippen molar-refractivity contribution in [2.75, 3.05) is 30.9 Å². The topological polar surface area (TPSA) is 19.1 Å². The predicted octanol–water partition coefficient (Wildman–Crippen LogP) is 2.95. The van der Waals surface area contributed by atoms with Crippen LogP contribution in [-0.4, -0.2) is 20.6 Å². The molecule has 0 bridgehead atoms. The van der Waals surface area contributed by atoms with E-state index in [1.54, 1.807) is 0 Å². The van der Waals surface area contributed by atoms with Crippen molar-refractivity contribution in [3.8, 4) is 0 Å². The minimum atomic E-state index is 0. The minimum absolute atomic E-state index is 0. The van der Waals surface area contributed by atoms with E-state index in [-0.39, 0.29) is 24.0 Å². The fraction of sp³-hybridized carbons (Fsp3) is 0.207. The number of hydrogen-bond acceptors (Lipinski definition) is 2. The maximum absolute atomic E-state index is 3.69. The number of nitrogens with zero attached hydrogens (tertiary/aromatic N) is 2. The van der Waals surface area contributed by atoms with Gasteiger partial charge in [-0.1, -0.05) is 54.6 Å². The lowest BCUT2D eigenvalue weighted by molar-refractivity contribution is -0.646. The summed E-state index contributed by atoms with van der Waals surface area (Å²) in [5.41, 5.74) is 7.38. The third-order valence-electron chi connectivity index (χ3n) is 5.89. The quantitative estimate of drug-likeness (QED) is 0.207. The molecule has 0 amide bonds. The Hall–Kier alpha value is -2.86. The second kappa shape index (κ2) is 11.8. The largest absolute Gasteiger partial charge is 1.00 e. The summed E-state index contributed by atoms with van der Waals surface area (Å²) < 4.78 is 2.26. The highest BCUT2D eigenvalue weighted by molar-refractivity contribution is 5.90. The third-order valence-corrected chi connectivity index (χ3v) is 5.89. The molecule has 0 unspecified atom stereocenters. The van der Waals surface area contributed by atoms with Gasteiger partial charge in [0.1, 0.15) is 7.05 Å². The molecule has 3 nitrogen and oxygen atoms in total. The molecule has 0 saturated carbocycles. The van der Waals surface area contributed by atoms with Gasteiger partial charge in [0.05, 0.1) is 11.1 Å². The molecule has 0 radical (unpaired) electrons. The molecule has 1 aromatic heterocycles. The lowest BCUT2D eigenvalue weighted by Crippen LogP contribution is -3.00. The number of aromatic nitrogens is 1. The summed E-state index contributed by atoms with van der Waals surface area (Å²) in [5.74, 6) is 0. The zero-order chi connectivity index (χ0) is 22.3. The average molecular weight is 550 g/mol. The van der Waals surface area contributed by atoms with Crippen molar-refractivity contribution < 1.29 is 28.5 Å². The molecular weight excluding hydrogens is 517 g/mol. The monoisotopic (exact) mass is 549 g/mol. The summed E-state index contributed by atoms with van der Waals surface area (Å²) >= 11 is 0. The number of nitrogens with one attached hydrogen (secondary N) is 1. The van der Waals surface area contributed by atoms with E-state index in [1.807, 2.05) is 0 Å². The van der Waals surface area contributed by atoms with Gasteiger partial charge in [0.25, 0.3) is 0 Å². The molecule has 0 atom stereocenters. The number of hydrogen-bond donors (Lipinski definition) is 1. The van der Waals surface area contributed by atoms with E-state index < -0.39 is 0 Å². The molecule has 0 aliphatic rings. The number of fused-ring (bicyclic) bond motifs is 1. The number of benzene rings is 3. The van der Waals surface area contributed by atoms with Crippen LogP contribution in [0.2, 0.25) is 0 Å². The molecule has 1 heterocycles. The van der Waals surface area contributed by atoms with Gasteiger partial charge < -0.3 is 34.2 Å². The van der Waals surface area contributed by atoms with E-state index >= 15 is 0 Å². The lowest BCUT2D eigenvalue weighted by atomic mass is 10.1. The Balaban J connectivity index is 0.00000306. The Bertz CT molecular complexity index is 1200. The SMILES string of the molecule is CN(C)c1ccc(/C=C/c2cc(NCCCc3ccccc3)c3ccccc3[n+]2C)cc1.[I-]. The van der Waals surface area contributed by atoms with E-state index in [2.05, 4.69) is 133 Å². The second-order valence-electron chi connectivity index (χ2n) is 8.39. The van der Waals surface area contributed by atoms with Gasteiger partial charge >= 0.3 is 0 Å². The van der Waals surface area contributed by atoms with E-state index in [0.29, 0.717) is 0 Å². The summed E-state index contributed by atoms with van der Waals surface area (Å²) in [6.45, 7) is 0.946. The number of aryl methyl sites for hydroxylation is 2. The van der Waals surface area contributed by atoms with Gasteiger partial charge in [0, 0.05) is 44.5 Å². The fourth-order valence-corrected chi connectivity index (χ4v) is 3.99. The van der Waals surface area contributed by atoms with Gasteiger partial charge in [0.15, 0.2) is 0 Å². The molecule has 1 N–H and O–H groups in total. The minimum Gasteiger partial charge on any atom is -1.00 e. The van der Waals surface area contributed by atoms with Crippen LogP contribution in [0.5, 0.6) is 0 Å². The van der Waals surface area contributed by atoms with Gasteiger partial charge in [-0.25, -0.2) is 0 Å². The summed E-state index contributed by atoms with van der Waals surface area (Å²) in [4.78, 5) is 2.12. The summed E-state index contributed by atoms with van der Waals surface area (Å²) in [6, 6.07) is 30.2. The number of rotatable bonds is 8. The molecule has 0 saturated heterocycles. The average Bonchev–Trinajstić information content (AvgIpc) is 2.83. The molecule has 3 aromatic carbocycles. The van der Waals surface area contributed by atoms with Gasteiger partial charge in [0.2, 0.25) is 11.2 Å². The maximum Gasteiger partial charge on any atom is 0.214 e. The Morgan fingerprint density at radius 3 is 2.27 bits per heavy atom. The number of halogens is 1. The second-order valence-corrected chi connectivity index (χ2v) is 8.39. The molecular formula is C29H32IN3. The molecule has 0 spiro atoms. The van der Waals surface area contributed by atoms with Crippen LogP contribution >= 0.6 is 0 Å². The van der Waals surface area contributed by atoms with Crippen molar-refractivity contribution in [1.82, 2.24) is 0 Å². The molecule has 4 heteroatoms. The predicted molar refractivity (Wildman–Crippen MR) is 138 cm³/mol. The first-order valence-corrected chi connectivity index (χ1v) is 11.3. The highest BCUT2D eigenvalue weighted by Gasteiger charge is 2.14. The number of para-hydroxylation sites is 1. The first kappa shape index (κ1) is 24.8. The molecule has 4 rings (SSSR count). The van der Waals surface area contributed by atoms with Crippen molar-refractivity contribution in [3.05, 3.63) is 102 Å². The van der Waals surface area contributed by atoms with Gasteiger partial charge in [-0.3, -0.25) is 0 Å². The Labute approximate surface area is 214 Å². The van der Waals surface area contributed by atoms with Crippen molar-refractivity contribution in [1.29, 1.82) is 0 Å². The fourth-order valence-electron chi connectivity index (χ4n) is 3.99. The van der Waals surface area contributed by atoms with Crippen LogP contribution in [0.4, 0.5) is 11.4 Å². The molecule has 0 fully saturated rings. The zero-order valence-electron chi connectivity index (χ0n) is 19.6. The summed E-state index contributed by atoms with van der Waals surface area (Å²) in [5, 5.41) is 4.94. The smallest absolute Gasteiger partial charge is 0.214 e. The van der Waals surface area contributed by atoms with Crippen molar-refractivity contribution in [3.63, 3.8) is 0 Å². The standard InChI is InChI=1S/C29H31N3.HI/c1-31(2)25-18-15-24(16-19-25)17-20-26-22-28(27-13-7-8-14-29(27)32(26)3)30-21-9-12-23-10-5-4-6-11-23;/h4-8,10-11,13-20,22H,9,12,21H2,1-3H3;1H/b20-17+;. The van der Waals surface area contributed by atoms with E-state index in [0.717, 1.165) is 19.4 Å². The van der Waals surface area contributed by atoms with Crippen LogP contribution in [0.1, 0.15) is 23.2 Å². The van der Waals surface area contributed by atoms with E-state index in [9.17, 15) is 0 Å². The normalized spacial score (nSPS) is 10.9. The summed E-state index contributed by atoms with van der Waals surface area (Å²) in [7, 11) is 6.26. The highest BCUT2D eigenvalue weighted by Crippen LogP contribution is 2.23. The number of pyridine rings is 1. The lowest BCUT2D eigenvalue weighted by Gasteiger charge is -2.12. The van der Waals surface area contributed by atoms with Gasteiger partial charge in [-0.15, -0.1) is 0 Å². The van der Waals surface area contributed by atoms with Crippen LogP contribution in [0.25, 0.3) is 23.1 Å². The van der Waals surface area contributed by atoms with Crippen LogP contribution < -0.4 is 38.8 Å². The molecule has 0 aliphatic carbocycles. The van der Waals surface area contributed by atoms with Crippen molar-refractivity contribution in [2.24, 2.45) is 7.05 Å². The van der Waals surface area contributed by atoms with E-state index in [1.165, 1.54) is 39.1 Å². The highest BCUT2D eigenvalue weighted by atomic mass is 127. The molecule has 0 aliphatic heterocycles. The molecule has 33 heavy (non-hydrogen) atoms. The first-order valence-electron chi connectivity index (χ1n) is 11.3. The molecule has 4 aromatic rings. The Kier molecular flexibility index (Phi) is 8.89. The van der Waals surface area contributed by atoms with Crippen molar-refractivity contribution >= 4 is 34.4 Å². The Morgan fingerprint density at radius 2 is 1.55 bits per heavy atom. The van der Waals surface area contributed by atoms with Crippen LogP contribution in [0.3, 0.4) is 0 Å². The van der Waals surface area contributed by atoms with Crippen molar-refractivity contribution in [2.45, 2.75) is 12.8 Å². The number of anilines is 2. The van der Waals surface area contributed by atoms with E-state index in [4.69, 9.17) is 0 Å². The Morgan fingerprint density at radius 1 is 0.848 bits per heavy atom. The van der Waals surface area contributed by atoms with Crippen LogP contribution in [0, 0.1) is 0 Å². The maximum atomic E-state index is 3.69.